The minimum absolute atomic E-state index is 0.1000. The Morgan fingerprint density at radius 2 is 1.71 bits per heavy atom. The number of benzene rings is 2. The summed E-state index contributed by atoms with van der Waals surface area (Å²) in [6.45, 7) is 4.50. The molecule has 2 aromatic rings. The van der Waals surface area contributed by atoms with Crippen LogP contribution in [-0.4, -0.2) is 34.2 Å². The lowest BCUT2D eigenvalue weighted by Gasteiger charge is -2.37. The fraction of sp³-hybridized carbons (Fsp3) is 0.519. The number of carboxylic acid groups (broad SMARTS) is 1. The first-order valence-corrected chi connectivity index (χ1v) is 12.1. The molecule has 1 saturated carbocycles. The van der Waals surface area contributed by atoms with Crippen molar-refractivity contribution in [1.82, 2.24) is 4.90 Å². The van der Waals surface area contributed by atoms with Gasteiger partial charge in [0.25, 0.3) is 0 Å². The predicted molar refractivity (Wildman–Crippen MR) is 124 cm³/mol. The Bertz CT molecular complexity index is 1090. The SMILES string of the molecule is C=C1CCC(Oc2ccc3ccc(CN4C5CCC4CC(C(=O)O)C5)cc3c2C(F)(F)F)CC1. The summed E-state index contributed by atoms with van der Waals surface area (Å²) >= 11 is 0. The Morgan fingerprint density at radius 1 is 1.06 bits per heavy atom. The second kappa shape index (κ2) is 8.91. The van der Waals surface area contributed by atoms with Gasteiger partial charge in [-0.15, -0.1) is 0 Å². The number of nitrogens with zero attached hydrogens (tertiary/aromatic N) is 1. The fourth-order valence-electron chi connectivity index (χ4n) is 6.08. The minimum Gasteiger partial charge on any atom is -0.490 e. The zero-order valence-corrected chi connectivity index (χ0v) is 19.1. The second-order valence-electron chi connectivity index (χ2n) is 10.1. The number of piperidine rings is 1. The lowest BCUT2D eigenvalue weighted by molar-refractivity contribution is -0.144. The van der Waals surface area contributed by atoms with E-state index in [2.05, 4.69) is 11.5 Å². The van der Waals surface area contributed by atoms with Crippen LogP contribution in [0, 0.1) is 5.92 Å². The number of allylic oxidation sites excluding steroid dienone is 1. The van der Waals surface area contributed by atoms with Crippen molar-refractivity contribution in [3.63, 3.8) is 0 Å². The van der Waals surface area contributed by atoms with E-state index in [0.717, 1.165) is 36.8 Å². The third-order valence-electron chi connectivity index (χ3n) is 7.86. The van der Waals surface area contributed by atoms with Gasteiger partial charge in [-0.2, -0.15) is 13.2 Å². The van der Waals surface area contributed by atoms with E-state index in [9.17, 15) is 23.1 Å². The largest absolute Gasteiger partial charge is 0.490 e. The van der Waals surface area contributed by atoms with Gasteiger partial charge in [-0.25, -0.2) is 0 Å². The topological polar surface area (TPSA) is 49.8 Å². The van der Waals surface area contributed by atoms with Gasteiger partial charge in [-0.3, -0.25) is 9.69 Å². The molecule has 2 aliphatic heterocycles. The molecule has 2 heterocycles. The zero-order chi connectivity index (χ0) is 24.0. The van der Waals surface area contributed by atoms with E-state index in [1.54, 1.807) is 18.2 Å². The molecule has 2 bridgehead atoms. The van der Waals surface area contributed by atoms with Crippen molar-refractivity contribution in [2.24, 2.45) is 5.92 Å². The molecular weight excluding hydrogens is 443 g/mol. The van der Waals surface area contributed by atoms with Gasteiger partial charge < -0.3 is 9.84 Å². The van der Waals surface area contributed by atoms with Crippen molar-refractivity contribution in [3.05, 3.63) is 53.6 Å². The second-order valence-corrected chi connectivity index (χ2v) is 10.1. The van der Waals surface area contributed by atoms with Gasteiger partial charge in [0.05, 0.1) is 12.0 Å². The molecule has 2 atom stereocenters. The lowest BCUT2D eigenvalue weighted by Crippen LogP contribution is -2.44. The number of rotatable bonds is 5. The van der Waals surface area contributed by atoms with Crippen LogP contribution in [-0.2, 0) is 17.5 Å². The van der Waals surface area contributed by atoms with Crippen LogP contribution < -0.4 is 4.74 Å². The van der Waals surface area contributed by atoms with E-state index >= 15 is 0 Å². The molecule has 2 unspecified atom stereocenters. The van der Waals surface area contributed by atoms with Crippen molar-refractivity contribution < 1.29 is 27.8 Å². The van der Waals surface area contributed by atoms with E-state index in [1.165, 1.54) is 6.07 Å². The number of carbonyl (C=O) groups is 1. The molecule has 182 valence electrons. The van der Waals surface area contributed by atoms with Crippen molar-refractivity contribution in [2.45, 2.75) is 82.3 Å². The summed E-state index contributed by atoms with van der Waals surface area (Å²) in [5.74, 6) is -1.16. The molecular formula is C27H30F3NO3. The number of halogens is 3. The number of aliphatic carboxylic acids is 1. The van der Waals surface area contributed by atoms with Crippen LogP contribution in [0.25, 0.3) is 10.8 Å². The molecule has 3 fully saturated rings. The highest BCUT2D eigenvalue weighted by Gasteiger charge is 2.43. The van der Waals surface area contributed by atoms with Crippen molar-refractivity contribution >= 4 is 16.7 Å². The molecule has 0 radical (unpaired) electrons. The van der Waals surface area contributed by atoms with Crippen LogP contribution in [0.3, 0.4) is 0 Å². The molecule has 3 aliphatic rings. The molecule has 2 aromatic carbocycles. The van der Waals surface area contributed by atoms with Crippen LogP contribution in [0.5, 0.6) is 5.75 Å². The van der Waals surface area contributed by atoms with Crippen LogP contribution in [0.4, 0.5) is 13.2 Å². The van der Waals surface area contributed by atoms with Crippen molar-refractivity contribution in [1.29, 1.82) is 0 Å². The number of hydrogen-bond acceptors (Lipinski definition) is 3. The molecule has 34 heavy (non-hydrogen) atoms. The van der Waals surface area contributed by atoms with E-state index < -0.39 is 17.7 Å². The Balaban J connectivity index is 1.44. The van der Waals surface area contributed by atoms with Gasteiger partial charge in [0.2, 0.25) is 0 Å². The molecule has 1 N–H and O–H groups in total. The maximum Gasteiger partial charge on any atom is 0.420 e. The summed E-state index contributed by atoms with van der Waals surface area (Å²) in [6.07, 6.45) is 1.27. The maximum atomic E-state index is 14.3. The summed E-state index contributed by atoms with van der Waals surface area (Å²) in [6, 6.07) is 8.79. The van der Waals surface area contributed by atoms with E-state index in [-0.39, 0.29) is 35.2 Å². The summed E-state index contributed by atoms with van der Waals surface area (Å²) in [5.41, 5.74) is 1.24. The van der Waals surface area contributed by atoms with Crippen LogP contribution >= 0.6 is 0 Å². The molecule has 7 heteroatoms. The number of fused-ring (bicyclic) bond motifs is 3. The molecule has 1 aliphatic carbocycles. The highest BCUT2D eigenvalue weighted by molar-refractivity contribution is 5.89. The number of hydrogen-bond donors (Lipinski definition) is 1. The first kappa shape index (κ1) is 23.2. The zero-order valence-electron chi connectivity index (χ0n) is 19.1. The minimum atomic E-state index is -4.54. The summed E-state index contributed by atoms with van der Waals surface area (Å²) < 4.78 is 48.7. The smallest absolute Gasteiger partial charge is 0.420 e. The summed E-state index contributed by atoms with van der Waals surface area (Å²) in [7, 11) is 0. The molecule has 0 spiro atoms. The van der Waals surface area contributed by atoms with Gasteiger partial charge in [0.1, 0.15) is 11.3 Å². The number of ether oxygens (including phenoxy) is 1. The standard InChI is InChI=1S/C27H30F3NO3/c1-16-2-9-22(10-3-16)34-24-11-6-18-5-4-17(12-23(18)25(24)27(28,29)30)15-31-20-7-8-21(31)14-19(13-20)26(32)33/h4-6,11-12,19-22H,1-3,7-10,13-15H2,(H,32,33). The van der Waals surface area contributed by atoms with Crippen molar-refractivity contribution in [2.75, 3.05) is 0 Å². The Hall–Kier alpha value is -2.54. The molecule has 5 rings (SSSR count). The molecule has 0 aromatic heterocycles. The Labute approximate surface area is 197 Å². The van der Waals surface area contributed by atoms with Crippen molar-refractivity contribution in [3.8, 4) is 5.75 Å². The Morgan fingerprint density at radius 3 is 2.32 bits per heavy atom. The van der Waals surface area contributed by atoms with E-state index in [4.69, 9.17) is 4.74 Å². The van der Waals surface area contributed by atoms with E-state index in [1.807, 2.05) is 6.07 Å². The summed E-state index contributed by atoms with van der Waals surface area (Å²) in [4.78, 5) is 13.8. The Kier molecular flexibility index (Phi) is 6.09. The highest BCUT2D eigenvalue weighted by Crippen LogP contribution is 2.44. The fourth-order valence-corrected chi connectivity index (χ4v) is 6.08. The number of carboxylic acids is 1. The van der Waals surface area contributed by atoms with Crippen LogP contribution in [0.2, 0.25) is 0 Å². The number of alkyl halides is 3. The van der Waals surface area contributed by atoms with Gasteiger partial charge in [-0.05, 0) is 79.8 Å². The molecule has 2 saturated heterocycles. The first-order valence-electron chi connectivity index (χ1n) is 12.1. The quantitative estimate of drug-likeness (QED) is 0.500. The van der Waals surface area contributed by atoms with Gasteiger partial charge in [0, 0.05) is 18.6 Å². The monoisotopic (exact) mass is 473 g/mol. The van der Waals surface area contributed by atoms with Gasteiger partial charge in [0.15, 0.2) is 0 Å². The average molecular weight is 474 g/mol. The average Bonchev–Trinajstić information content (AvgIpc) is 3.00. The molecule has 0 amide bonds. The maximum absolute atomic E-state index is 14.3. The highest BCUT2D eigenvalue weighted by atomic mass is 19.4. The lowest BCUT2D eigenvalue weighted by atomic mass is 9.90. The van der Waals surface area contributed by atoms with Crippen LogP contribution in [0.1, 0.15) is 62.5 Å². The van der Waals surface area contributed by atoms with Gasteiger partial charge in [-0.1, -0.05) is 30.4 Å². The van der Waals surface area contributed by atoms with E-state index in [0.29, 0.717) is 37.6 Å². The van der Waals surface area contributed by atoms with Gasteiger partial charge >= 0.3 is 12.1 Å². The normalized spacial score (nSPS) is 26.2. The third kappa shape index (κ3) is 4.54. The third-order valence-corrected chi connectivity index (χ3v) is 7.86. The molecule has 4 nitrogen and oxygen atoms in total. The van der Waals surface area contributed by atoms with Crippen LogP contribution in [0.15, 0.2) is 42.5 Å². The summed E-state index contributed by atoms with van der Waals surface area (Å²) in [5, 5.41) is 10.1. The predicted octanol–water partition coefficient (Wildman–Crippen LogP) is 6.56. The first-order chi connectivity index (χ1) is 16.2.